The van der Waals surface area contributed by atoms with Crippen molar-refractivity contribution in [1.29, 1.82) is 0 Å². The molecule has 1 aromatic carbocycles. The topological polar surface area (TPSA) is 0 Å². The van der Waals surface area contributed by atoms with Crippen molar-refractivity contribution >= 4 is 14.5 Å². The molecule has 0 amide bonds. The summed E-state index contributed by atoms with van der Waals surface area (Å²) in [5, 5.41) is 0. The molecule has 2 rings (SSSR count). The van der Waals surface area contributed by atoms with Crippen molar-refractivity contribution < 1.29 is 54.0 Å². The maximum Gasteiger partial charge on any atom is 2.00 e. The average molecular weight is 420 g/mol. The Morgan fingerprint density at radius 1 is 0.409 bits per heavy atom. The first-order valence-electron chi connectivity index (χ1n) is 5.41. The smallest absolute Gasteiger partial charge is 0.418 e. The summed E-state index contributed by atoms with van der Waals surface area (Å²) >= 11 is 0. The fourth-order valence-corrected chi connectivity index (χ4v) is 0.706. The van der Waals surface area contributed by atoms with Crippen molar-refractivity contribution in [2.45, 2.75) is 0 Å². The van der Waals surface area contributed by atoms with Gasteiger partial charge in [-0.1, -0.05) is 60.7 Å². The molecule has 0 saturated carbocycles. The zero-order valence-corrected chi connectivity index (χ0v) is 12.5. The number of benzene rings is 1. The van der Waals surface area contributed by atoms with Gasteiger partial charge in [0.25, 0.3) is 0 Å². The van der Waals surface area contributed by atoms with E-state index in [9.17, 15) is 34.5 Å². The van der Waals surface area contributed by atoms with Crippen LogP contribution in [0.5, 0.6) is 0 Å². The van der Waals surface area contributed by atoms with E-state index in [-0.39, 0.29) is 19.5 Å². The molecule has 0 aromatic heterocycles. The molecule has 2 radical (unpaired) electrons. The van der Waals surface area contributed by atoms with Gasteiger partial charge in [0.1, 0.15) is 0 Å². The number of hydrogen-bond donors (Lipinski definition) is 0. The molecule has 11 heteroatoms. The van der Waals surface area contributed by atoms with E-state index in [0.717, 1.165) is 0 Å². The normalized spacial score (nSPS) is 11.6. The summed E-state index contributed by atoms with van der Waals surface area (Å²) in [5.41, 5.74) is 0. The van der Waals surface area contributed by atoms with Crippen LogP contribution in [-0.2, 0) is 19.5 Å². The van der Waals surface area contributed by atoms with E-state index in [1.165, 1.54) is 0 Å². The van der Waals surface area contributed by atoms with Crippen LogP contribution in [0.4, 0.5) is 34.5 Å². The van der Waals surface area contributed by atoms with Gasteiger partial charge < -0.3 is 34.5 Å². The van der Waals surface area contributed by atoms with Crippen LogP contribution < -0.4 is 0 Å². The van der Waals surface area contributed by atoms with Gasteiger partial charge in [-0.25, -0.2) is 0 Å². The second kappa shape index (κ2) is 14.8. The van der Waals surface area contributed by atoms with Crippen LogP contribution >= 0.6 is 0 Å². The van der Waals surface area contributed by atoms with Gasteiger partial charge in [0.05, 0.1) is 0 Å². The Morgan fingerprint density at radius 3 is 0.682 bits per heavy atom. The third-order valence-electron chi connectivity index (χ3n) is 1.22. The molecule has 1 aliphatic carbocycles. The van der Waals surface area contributed by atoms with Gasteiger partial charge >= 0.3 is 34.0 Å². The Morgan fingerprint density at radius 2 is 0.591 bits per heavy atom. The molecule has 0 spiro atoms. The van der Waals surface area contributed by atoms with Crippen LogP contribution in [0.3, 0.4) is 0 Å². The van der Waals surface area contributed by atoms with E-state index < -0.39 is 14.5 Å². The van der Waals surface area contributed by atoms with Gasteiger partial charge in [0, 0.05) is 6.42 Å². The van der Waals surface area contributed by atoms with Crippen molar-refractivity contribution in [3.8, 4) is 0 Å². The number of hydrogen-bond acceptors (Lipinski definition) is 0. The molecular formula is C11H11B2F8Rh. The minimum Gasteiger partial charge on any atom is -0.418 e. The Hall–Kier alpha value is -1.11. The summed E-state index contributed by atoms with van der Waals surface area (Å²) < 4.78 is 78.0. The summed E-state index contributed by atoms with van der Waals surface area (Å²) in [5.74, 6) is 0. The molecule has 1 aromatic rings. The summed E-state index contributed by atoms with van der Waals surface area (Å²) in [6, 6.07) is 12.0. The van der Waals surface area contributed by atoms with Gasteiger partial charge in [-0.05, 0) is 0 Å². The standard InChI is InChI=1S/C6H6.C5H5.2BF4.Rh/c1-2-4-6-5-3-1;1-2-4-5-3-1;2*2-1(3,4)5;/h1-6H;1-5H;;;/q;;2*-1;+2. The second-order valence-electron chi connectivity index (χ2n) is 3.11. The predicted octanol–water partition coefficient (Wildman–Crippen LogP) is 5.60. The van der Waals surface area contributed by atoms with Crippen LogP contribution in [0.1, 0.15) is 0 Å². The molecule has 0 bridgehead atoms. The van der Waals surface area contributed by atoms with Crippen LogP contribution in [-0.4, -0.2) is 14.5 Å². The molecule has 22 heavy (non-hydrogen) atoms. The van der Waals surface area contributed by atoms with Crippen molar-refractivity contribution in [2.75, 3.05) is 0 Å². The molecule has 0 atom stereocenters. The molecule has 126 valence electrons. The maximum absolute atomic E-state index is 9.75. The quantitative estimate of drug-likeness (QED) is 0.379. The first-order valence-corrected chi connectivity index (χ1v) is 5.41. The fourth-order valence-electron chi connectivity index (χ4n) is 0.706. The summed E-state index contributed by atoms with van der Waals surface area (Å²) in [6.45, 7) is 0. The summed E-state index contributed by atoms with van der Waals surface area (Å²) in [7, 11) is -12.0. The third kappa shape index (κ3) is 61.8. The van der Waals surface area contributed by atoms with E-state index in [4.69, 9.17) is 0 Å². The van der Waals surface area contributed by atoms with Gasteiger partial charge in [-0.15, -0.1) is 0 Å². The molecule has 0 aliphatic heterocycles. The first-order chi connectivity index (χ1) is 9.50. The monoisotopic (exact) mass is 420 g/mol. The molecule has 0 nitrogen and oxygen atoms in total. The van der Waals surface area contributed by atoms with Gasteiger partial charge in [-0.3, -0.25) is 0 Å². The predicted molar refractivity (Wildman–Crippen MR) is 69.4 cm³/mol. The molecule has 0 unspecified atom stereocenters. The van der Waals surface area contributed by atoms with Gasteiger partial charge in [0.2, 0.25) is 0 Å². The van der Waals surface area contributed by atoms with Crippen LogP contribution in [0.15, 0.2) is 60.7 Å². The Balaban J connectivity index is -0.000000217. The Labute approximate surface area is 136 Å². The van der Waals surface area contributed by atoms with Crippen molar-refractivity contribution in [1.82, 2.24) is 0 Å². The van der Waals surface area contributed by atoms with Crippen molar-refractivity contribution in [2.24, 2.45) is 0 Å². The average Bonchev–Trinajstić information content (AvgIpc) is 2.85. The van der Waals surface area contributed by atoms with E-state index in [2.05, 4.69) is 0 Å². The van der Waals surface area contributed by atoms with Gasteiger partial charge in [0.15, 0.2) is 0 Å². The largest absolute Gasteiger partial charge is 2.00 e. The molecule has 1 aliphatic rings. The SMILES string of the molecule is F[B-](F)(F)F.F[B-](F)(F)F.[CH]1C=CC=C1.[Rh+2].c1ccccc1. The Bertz CT molecular complexity index is 329. The minimum absolute atomic E-state index is 0. The second-order valence-corrected chi connectivity index (χ2v) is 3.11. The zero-order valence-electron chi connectivity index (χ0n) is 10.9. The number of rotatable bonds is 0. The van der Waals surface area contributed by atoms with Gasteiger partial charge in [-0.2, -0.15) is 0 Å². The number of halogens is 8. The summed E-state index contributed by atoms with van der Waals surface area (Å²) in [6.07, 6.45) is 10.0. The third-order valence-corrected chi connectivity index (χ3v) is 1.22. The van der Waals surface area contributed by atoms with E-state index in [1.54, 1.807) is 0 Å². The van der Waals surface area contributed by atoms with Crippen molar-refractivity contribution in [3.05, 3.63) is 67.1 Å². The van der Waals surface area contributed by atoms with E-state index in [0.29, 0.717) is 0 Å². The zero-order chi connectivity index (χ0) is 16.8. The molecule has 0 saturated heterocycles. The van der Waals surface area contributed by atoms with Crippen LogP contribution in [0.25, 0.3) is 0 Å². The van der Waals surface area contributed by atoms with Crippen LogP contribution in [0, 0.1) is 6.42 Å². The molecule has 0 N–H and O–H groups in total. The molecule has 0 heterocycles. The summed E-state index contributed by atoms with van der Waals surface area (Å²) in [4.78, 5) is 0. The van der Waals surface area contributed by atoms with Crippen molar-refractivity contribution in [3.63, 3.8) is 0 Å². The van der Waals surface area contributed by atoms with Crippen LogP contribution in [0.2, 0.25) is 0 Å². The molecular weight excluding hydrogens is 409 g/mol. The number of allylic oxidation sites excluding steroid dienone is 4. The minimum atomic E-state index is -6.00. The van der Waals surface area contributed by atoms with E-state index in [1.807, 2.05) is 67.1 Å². The maximum atomic E-state index is 9.75. The first kappa shape index (κ1) is 25.8. The molecule has 0 fully saturated rings. The van der Waals surface area contributed by atoms with E-state index >= 15 is 0 Å². The Kier molecular flexibility index (Phi) is 17.4. The fraction of sp³-hybridized carbons (Fsp3) is 0.